The minimum absolute atomic E-state index is 0.154. The molecule has 0 radical (unpaired) electrons. The summed E-state index contributed by atoms with van der Waals surface area (Å²) in [6, 6.07) is 5.24. The van der Waals surface area contributed by atoms with Crippen LogP contribution >= 0.6 is 11.6 Å². The summed E-state index contributed by atoms with van der Waals surface area (Å²) in [6.07, 6.45) is 5.61. The van der Waals surface area contributed by atoms with Crippen molar-refractivity contribution in [2.24, 2.45) is 0 Å². The molecule has 0 saturated carbocycles. The monoisotopic (exact) mass is 300 g/mol. The maximum atomic E-state index is 12.7. The van der Waals surface area contributed by atoms with Crippen molar-refractivity contribution in [3.63, 3.8) is 0 Å². The molecule has 0 amide bonds. The molecule has 3 rings (SSSR count). The van der Waals surface area contributed by atoms with E-state index in [0.29, 0.717) is 28.3 Å². The van der Waals surface area contributed by atoms with Crippen LogP contribution in [-0.2, 0) is 6.54 Å². The average Bonchev–Trinajstić information content (AvgIpc) is 2.87. The maximum absolute atomic E-state index is 12.7. The molecule has 5 nitrogen and oxygen atoms in total. The zero-order chi connectivity index (χ0) is 14.8. The average molecular weight is 301 g/mol. The Labute approximate surface area is 126 Å². The van der Waals surface area contributed by atoms with Gasteiger partial charge < -0.3 is 0 Å². The Morgan fingerprint density at radius 3 is 2.76 bits per heavy atom. The molecule has 6 heteroatoms. The summed E-state index contributed by atoms with van der Waals surface area (Å²) in [7, 11) is 0. The lowest BCUT2D eigenvalue weighted by Crippen LogP contribution is -2.12. The Balaban J connectivity index is 2.06. The summed E-state index contributed by atoms with van der Waals surface area (Å²) in [5.41, 5.74) is 2.38. The van der Waals surface area contributed by atoms with Gasteiger partial charge in [-0.05, 0) is 24.6 Å². The summed E-state index contributed by atoms with van der Waals surface area (Å²) < 4.78 is 1.64. The number of nitrogens with zero attached hydrogens (tertiary/aromatic N) is 4. The second-order valence-corrected chi connectivity index (χ2v) is 5.06. The van der Waals surface area contributed by atoms with Crippen LogP contribution < -0.4 is 0 Å². The number of fused-ring (bicyclic) bond motifs is 1. The topological polar surface area (TPSA) is 60.7 Å². The smallest absolute Gasteiger partial charge is 0.212 e. The summed E-state index contributed by atoms with van der Waals surface area (Å²) >= 11 is 6.11. The number of hydrogen-bond donors (Lipinski definition) is 0. The number of benzene rings is 1. The molecule has 21 heavy (non-hydrogen) atoms. The molecule has 0 unspecified atom stereocenters. The normalized spacial score (nSPS) is 11.0. The van der Waals surface area contributed by atoms with Crippen molar-refractivity contribution in [1.82, 2.24) is 19.7 Å². The number of carbonyl (C=O) groups is 1. The fraction of sp³-hybridized carbons (Fsp3) is 0.200. The number of aromatic nitrogens is 4. The van der Waals surface area contributed by atoms with Crippen molar-refractivity contribution in [1.29, 1.82) is 0 Å². The lowest BCUT2D eigenvalue weighted by atomic mass is 10.1. The number of ketones is 1. The van der Waals surface area contributed by atoms with Crippen molar-refractivity contribution in [3.05, 3.63) is 53.1 Å². The molecule has 0 N–H and O–H groups in total. The Morgan fingerprint density at radius 2 is 2.00 bits per heavy atom. The summed E-state index contributed by atoms with van der Waals surface area (Å²) in [5, 5.41) is 4.52. The molecule has 0 spiro atoms. The summed E-state index contributed by atoms with van der Waals surface area (Å²) in [5.74, 6) is -0.154. The van der Waals surface area contributed by atoms with Crippen molar-refractivity contribution < 1.29 is 4.79 Å². The largest absolute Gasteiger partial charge is 0.287 e. The lowest BCUT2D eigenvalue weighted by Gasteiger charge is -2.06. The first-order valence-corrected chi connectivity index (χ1v) is 7.05. The lowest BCUT2D eigenvalue weighted by molar-refractivity contribution is 0.102. The van der Waals surface area contributed by atoms with Crippen molar-refractivity contribution in [2.45, 2.75) is 19.9 Å². The Morgan fingerprint density at radius 1 is 1.24 bits per heavy atom. The van der Waals surface area contributed by atoms with Crippen LogP contribution in [0.4, 0.5) is 0 Å². The van der Waals surface area contributed by atoms with Crippen LogP contribution in [0, 0.1) is 0 Å². The number of aryl methyl sites for hydroxylation is 1. The molecule has 0 saturated heterocycles. The zero-order valence-electron chi connectivity index (χ0n) is 11.5. The molecule has 2 aromatic heterocycles. The van der Waals surface area contributed by atoms with E-state index in [1.807, 2.05) is 6.92 Å². The van der Waals surface area contributed by atoms with E-state index in [0.717, 1.165) is 11.9 Å². The highest BCUT2D eigenvalue weighted by Crippen LogP contribution is 2.21. The molecule has 1 aromatic carbocycles. The third-order valence-electron chi connectivity index (χ3n) is 3.18. The van der Waals surface area contributed by atoms with Gasteiger partial charge in [0, 0.05) is 24.5 Å². The summed E-state index contributed by atoms with van der Waals surface area (Å²) in [6.45, 7) is 2.68. The van der Waals surface area contributed by atoms with Gasteiger partial charge in [0.05, 0.1) is 22.3 Å². The molecule has 3 aromatic rings. The summed E-state index contributed by atoms with van der Waals surface area (Å²) in [4.78, 5) is 21.1. The molecule has 0 aliphatic carbocycles. The third-order valence-corrected chi connectivity index (χ3v) is 3.45. The van der Waals surface area contributed by atoms with Gasteiger partial charge in [-0.25, -0.2) is 0 Å². The highest BCUT2D eigenvalue weighted by molar-refractivity contribution is 6.34. The highest BCUT2D eigenvalue weighted by Gasteiger charge is 2.19. The standard InChI is InChI=1S/C15H13ClN4O/c1-2-7-20-14(11(16)9-19-20)15(21)10-3-4-12-13(8-10)18-6-5-17-12/h3-6,8-9H,2,7H2,1H3. The minimum atomic E-state index is -0.154. The van der Waals surface area contributed by atoms with Gasteiger partial charge in [-0.2, -0.15) is 5.10 Å². The van der Waals surface area contributed by atoms with Gasteiger partial charge in [-0.15, -0.1) is 0 Å². The van der Waals surface area contributed by atoms with E-state index in [1.165, 1.54) is 6.20 Å². The van der Waals surface area contributed by atoms with E-state index in [-0.39, 0.29) is 5.78 Å². The molecule has 0 atom stereocenters. The first kappa shape index (κ1) is 13.7. The fourth-order valence-corrected chi connectivity index (χ4v) is 2.44. The quantitative estimate of drug-likeness (QED) is 0.695. The Kier molecular flexibility index (Phi) is 3.66. The number of carbonyl (C=O) groups excluding carboxylic acids is 1. The predicted octanol–water partition coefficient (Wildman–Crippen LogP) is 3.12. The zero-order valence-corrected chi connectivity index (χ0v) is 12.2. The van der Waals surface area contributed by atoms with Gasteiger partial charge in [0.2, 0.25) is 5.78 Å². The maximum Gasteiger partial charge on any atom is 0.212 e. The van der Waals surface area contributed by atoms with Crippen LogP contribution in [0.3, 0.4) is 0 Å². The second-order valence-electron chi connectivity index (χ2n) is 4.65. The van der Waals surface area contributed by atoms with E-state index in [2.05, 4.69) is 15.1 Å². The van der Waals surface area contributed by atoms with Crippen molar-refractivity contribution in [2.75, 3.05) is 0 Å². The van der Waals surface area contributed by atoms with E-state index in [9.17, 15) is 4.79 Å². The van der Waals surface area contributed by atoms with Gasteiger partial charge in [0.25, 0.3) is 0 Å². The first-order valence-electron chi connectivity index (χ1n) is 6.67. The van der Waals surface area contributed by atoms with Crippen molar-refractivity contribution in [3.8, 4) is 0 Å². The Hall–Kier alpha value is -2.27. The van der Waals surface area contributed by atoms with E-state index >= 15 is 0 Å². The van der Waals surface area contributed by atoms with Gasteiger partial charge in [-0.1, -0.05) is 18.5 Å². The molecule has 2 heterocycles. The van der Waals surface area contributed by atoms with Crippen LogP contribution in [0.25, 0.3) is 11.0 Å². The SMILES string of the molecule is CCCn1ncc(Cl)c1C(=O)c1ccc2nccnc2c1. The highest BCUT2D eigenvalue weighted by atomic mass is 35.5. The number of halogens is 1. The molecule has 0 aliphatic heterocycles. The van der Waals surface area contributed by atoms with Gasteiger partial charge in [-0.3, -0.25) is 19.4 Å². The number of hydrogen-bond acceptors (Lipinski definition) is 4. The van der Waals surface area contributed by atoms with Crippen LogP contribution in [0.1, 0.15) is 29.4 Å². The molecule has 0 aliphatic rings. The van der Waals surface area contributed by atoms with E-state index in [1.54, 1.807) is 35.3 Å². The molecular weight excluding hydrogens is 288 g/mol. The van der Waals surface area contributed by atoms with E-state index < -0.39 is 0 Å². The van der Waals surface area contributed by atoms with Crippen molar-refractivity contribution >= 4 is 28.4 Å². The number of rotatable bonds is 4. The van der Waals surface area contributed by atoms with Gasteiger partial charge >= 0.3 is 0 Å². The predicted molar refractivity (Wildman–Crippen MR) is 80.5 cm³/mol. The fourth-order valence-electron chi connectivity index (χ4n) is 2.21. The minimum Gasteiger partial charge on any atom is -0.287 e. The molecule has 0 fully saturated rings. The third kappa shape index (κ3) is 2.52. The molecular formula is C15H13ClN4O. The van der Waals surface area contributed by atoms with Crippen LogP contribution in [0.2, 0.25) is 5.02 Å². The second kappa shape index (κ2) is 5.61. The van der Waals surface area contributed by atoms with Gasteiger partial charge in [0.15, 0.2) is 0 Å². The molecule has 0 bridgehead atoms. The van der Waals surface area contributed by atoms with Crippen LogP contribution in [0.15, 0.2) is 36.8 Å². The van der Waals surface area contributed by atoms with Crippen LogP contribution in [0.5, 0.6) is 0 Å². The molecule has 106 valence electrons. The first-order chi connectivity index (χ1) is 10.2. The Bertz CT molecular complexity index is 812. The van der Waals surface area contributed by atoms with Gasteiger partial charge in [0.1, 0.15) is 5.69 Å². The van der Waals surface area contributed by atoms with E-state index in [4.69, 9.17) is 11.6 Å². The van der Waals surface area contributed by atoms with Crippen LogP contribution in [-0.4, -0.2) is 25.5 Å².